The van der Waals surface area contributed by atoms with E-state index in [1.165, 1.54) is 12.7 Å². The zero-order valence-corrected chi connectivity index (χ0v) is 12.1. The Morgan fingerprint density at radius 1 is 1.24 bits per heavy atom. The first-order chi connectivity index (χ1) is 10.2. The second-order valence-electron chi connectivity index (χ2n) is 4.39. The summed E-state index contributed by atoms with van der Waals surface area (Å²) in [6.07, 6.45) is 2.56. The van der Waals surface area contributed by atoms with E-state index < -0.39 is 0 Å². The Balaban J connectivity index is 1.89. The summed E-state index contributed by atoms with van der Waals surface area (Å²) in [5.74, 6) is 1.27. The maximum Gasteiger partial charge on any atom is 0.263 e. The second kappa shape index (κ2) is 7.28. The third-order valence-electron chi connectivity index (χ3n) is 2.95. The highest BCUT2D eigenvalue weighted by molar-refractivity contribution is 5.92. The summed E-state index contributed by atoms with van der Waals surface area (Å²) in [6.45, 7) is 2.01. The first-order valence-electron chi connectivity index (χ1n) is 6.73. The number of anilines is 1. The van der Waals surface area contributed by atoms with Gasteiger partial charge in [0.15, 0.2) is 18.2 Å². The highest BCUT2D eigenvalue weighted by Gasteiger charge is 2.08. The van der Waals surface area contributed by atoms with Gasteiger partial charge in [-0.2, -0.15) is 0 Å². The van der Waals surface area contributed by atoms with Gasteiger partial charge in [0.1, 0.15) is 5.75 Å². The van der Waals surface area contributed by atoms with Crippen LogP contribution in [0.4, 0.5) is 5.82 Å². The molecule has 0 aliphatic carbocycles. The minimum absolute atomic E-state index is 0.0782. The van der Waals surface area contributed by atoms with Crippen LogP contribution in [0.1, 0.15) is 12.5 Å². The molecule has 1 heterocycles. The summed E-state index contributed by atoms with van der Waals surface area (Å²) in [4.78, 5) is 15.9. The lowest BCUT2D eigenvalue weighted by molar-refractivity contribution is -0.118. The van der Waals surface area contributed by atoms with E-state index in [9.17, 15) is 4.79 Å². The number of nitrogens with zero attached hydrogens (tertiary/aromatic N) is 1. The van der Waals surface area contributed by atoms with Crippen LogP contribution in [0.25, 0.3) is 0 Å². The highest BCUT2D eigenvalue weighted by Crippen LogP contribution is 2.19. The molecule has 0 unspecified atom stereocenters. The molecule has 5 nitrogen and oxygen atoms in total. The molecule has 2 aromatic rings. The zero-order chi connectivity index (χ0) is 15.1. The quantitative estimate of drug-likeness (QED) is 0.887. The number of aryl methyl sites for hydroxylation is 1. The molecule has 0 bridgehead atoms. The fourth-order valence-electron chi connectivity index (χ4n) is 1.79. The Labute approximate surface area is 123 Å². The topological polar surface area (TPSA) is 60.5 Å². The van der Waals surface area contributed by atoms with E-state index in [1.807, 2.05) is 24.3 Å². The first kappa shape index (κ1) is 14.8. The lowest BCUT2D eigenvalue weighted by Crippen LogP contribution is -2.21. The molecular formula is C16H18N2O3. The van der Waals surface area contributed by atoms with E-state index in [0.717, 1.165) is 6.42 Å². The molecule has 0 fully saturated rings. The Hall–Kier alpha value is -2.56. The molecule has 0 radical (unpaired) electrons. The van der Waals surface area contributed by atoms with Gasteiger partial charge in [0, 0.05) is 6.20 Å². The Bertz CT molecular complexity index is 597. The van der Waals surface area contributed by atoms with Crippen LogP contribution < -0.4 is 14.8 Å². The molecule has 1 amide bonds. The summed E-state index contributed by atoms with van der Waals surface area (Å²) in [5.41, 5.74) is 1.23. The summed E-state index contributed by atoms with van der Waals surface area (Å²) in [7, 11) is 1.53. The SMILES string of the molecule is CCc1ccc(OCC(=O)Nc2ncccc2OC)cc1. The third-order valence-corrected chi connectivity index (χ3v) is 2.95. The average molecular weight is 286 g/mol. The van der Waals surface area contributed by atoms with Crippen LogP contribution in [0.3, 0.4) is 0 Å². The lowest BCUT2D eigenvalue weighted by atomic mass is 10.2. The van der Waals surface area contributed by atoms with Crippen molar-refractivity contribution in [2.75, 3.05) is 19.0 Å². The van der Waals surface area contributed by atoms with Crippen molar-refractivity contribution in [1.29, 1.82) is 0 Å². The Morgan fingerprint density at radius 3 is 2.67 bits per heavy atom. The maximum absolute atomic E-state index is 11.8. The van der Waals surface area contributed by atoms with Gasteiger partial charge in [-0.05, 0) is 36.2 Å². The van der Waals surface area contributed by atoms with E-state index in [0.29, 0.717) is 17.3 Å². The van der Waals surface area contributed by atoms with Gasteiger partial charge in [-0.15, -0.1) is 0 Å². The van der Waals surface area contributed by atoms with Gasteiger partial charge >= 0.3 is 0 Å². The molecule has 0 atom stereocenters. The number of ether oxygens (including phenoxy) is 2. The van der Waals surface area contributed by atoms with Crippen LogP contribution >= 0.6 is 0 Å². The number of carbonyl (C=O) groups is 1. The molecule has 0 spiro atoms. The van der Waals surface area contributed by atoms with Crippen LogP contribution in [0.15, 0.2) is 42.6 Å². The molecular weight excluding hydrogens is 268 g/mol. The fourth-order valence-corrected chi connectivity index (χ4v) is 1.79. The van der Waals surface area contributed by atoms with E-state index in [2.05, 4.69) is 17.2 Å². The van der Waals surface area contributed by atoms with Gasteiger partial charge in [-0.3, -0.25) is 4.79 Å². The largest absolute Gasteiger partial charge is 0.493 e. The first-order valence-corrected chi connectivity index (χ1v) is 6.73. The van der Waals surface area contributed by atoms with Gasteiger partial charge in [0.2, 0.25) is 0 Å². The number of benzene rings is 1. The van der Waals surface area contributed by atoms with E-state index in [4.69, 9.17) is 9.47 Å². The number of amides is 1. The number of pyridine rings is 1. The predicted octanol–water partition coefficient (Wildman–Crippen LogP) is 2.67. The Morgan fingerprint density at radius 2 is 2.00 bits per heavy atom. The van der Waals surface area contributed by atoms with Crippen molar-refractivity contribution in [2.45, 2.75) is 13.3 Å². The minimum Gasteiger partial charge on any atom is -0.493 e. The minimum atomic E-state index is -0.286. The van der Waals surface area contributed by atoms with Crippen LogP contribution in [0.5, 0.6) is 11.5 Å². The summed E-state index contributed by atoms with van der Waals surface area (Å²) >= 11 is 0. The number of carbonyl (C=O) groups excluding carboxylic acids is 1. The molecule has 110 valence electrons. The van der Waals surface area contributed by atoms with E-state index in [-0.39, 0.29) is 12.5 Å². The standard InChI is InChI=1S/C16H18N2O3/c1-3-12-6-8-13(9-7-12)21-11-15(19)18-16-14(20-2)5-4-10-17-16/h4-10H,3,11H2,1-2H3,(H,17,18,19). The van der Waals surface area contributed by atoms with Crippen molar-refractivity contribution >= 4 is 11.7 Å². The van der Waals surface area contributed by atoms with Gasteiger partial charge in [-0.25, -0.2) is 4.98 Å². The van der Waals surface area contributed by atoms with Gasteiger partial charge in [-0.1, -0.05) is 19.1 Å². The van der Waals surface area contributed by atoms with Crippen molar-refractivity contribution in [2.24, 2.45) is 0 Å². The van der Waals surface area contributed by atoms with Crippen molar-refractivity contribution in [3.63, 3.8) is 0 Å². The number of hydrogen-bond donors (Lipinski definition) is 1. The predicted molar refractivity (Wildman–Crippen MR) is 80.7 cm³/mol. The van der Waals surface area contributed by atoms with Crippen molar-refractivity contribution in [3.05, 3.63) is 48.2 Å². The number of nitrogens with one attached hydrogen (secondary N) is 1. The monoisotopic (exact) mass is 286 g/mol. The molecule has 5 heteroatoms. The summed E-state index contributed by atoms with van der Waals surface area (Å²) in [6, 6.07) is 11.1. The van der Waals surface area contributed by atoms with E-state index in [1.54, 1.807) is 18.3 Å². The number of hydrogen-bond acceptors (Lipinski definition) is 4. The molecule has 0 saturated carbocycles. The molecule has 2 rings (SSSR count). The van der Waals surface area contributed by atoms with Gasteiger partial charge < -0.3 is 14.8 Å². The second-order valence-corrected chi connectivity index (χ2v) is 4.39. The highest BCUT2D eigenvalue weighted by atomic mass is 16.5. The van der Waals surface area contributed by atoms with Crippen LogP contribution in [0, 0.1) is 0 Å². The molecule has 1 aromatic heterocycles. The molecule has 0 aliphatic heterocycles. The summed E-state index contributed by atoms with van der Waals surface area (Å²) in [5, 5.41) is 2.65. The third kappa shape index (κ3) is 4.21. The fraction of sp³-hybridized carbons (Fsp3) is 0.250. The molecule has 1 aromatic carbocycles. The van der Waals surface area contributed by atoms with Crippen molar-refractivity contribution in [3.8, 4) is 11.5 Å². The van der Waals surface area contributed by atoms with Crippen molar-refractivity contribution < 1.29 is 14.3 Å². The molecule has 21 heavy (non-hydrogen) atoms. The Kier molecular flexibility index (Phi) is 5.15. The molecule has 1 N–H and O–H groups in total. The molecule has 0 aliphatic rings. The normalized spacial score (nSPS) is 10.0. The van der Waals surface area contributed by atoms with Gasteiger partial charge in [0.05, 0.1) is 7.11 Å². The lowest BCUT2D eigenvalue weighted by Gasteiger charge is -2.09. The van der Waals surface area contributed by atoms with E-state index >= 15 is 0 Å². The molecule has 0 saturated heterocycles. The van der Waals surface area contributed by atoms with Gasteiger partial charge in [0.25, 0.3) is 5.91 Å². The van der Waals surface area contributed by atoms with Crippen LogP contribution in [0.2, 0.25) is 0 Å². The maximum atomic E-state index is 11.8. The average Bonchev–Trinajstić information content (AvgIpc) is 2.54. The van der Waals surface area contributed by atoms with Crippen LogP contribution in [-0.2, 0) is 11.2 Å². The summed E-state index contributed by atoms with van der Waals surface area (Å²) < 4.78 is 10.5. The van der Waals surface area contributed by atoms with Crippen LogP contribution in [-0.4, -0.2) is 24.6 Å². The zero-order valence-electron chi connectivity index (χ0n) is 12.1. The van der Waals surface area contributed by atoms with Crippen molar-refractivity contribution in [1.82, 2.24) is 4.98 Å². The smallest absolute Gasteiger partial charge is 0.263 e. The number of rotatable bonds is 6. The number of methoxy groups -OCH3 is 1. The number of aromatic nitrogens is 1.